The molecule has 0 atom stereocenters. The van der Waals surface area contributed by atoms with E-state index in [1.807, 2.05) is 48.7 Å². The maximum Gasteiger partial charge on any atom is 0.179 e. The van der Waals surface area contributed by atoms with Crippen LogP contribution in [0.25, 0.3) is 22.9 Å². The number of hydrogen-bond donors (Lipinski definition) is 0. The molecule has 2 aromatic carbocycles. The minimum atomic E-state index is 0.365. The van der Waals surface area contributed by atoms with Crippen molar-refractivity contribution in [3.8, 4) is 28.8 Å². The number of aromatic nitrogens is 1. The van der Waals surface area contributed by atoms with Crippen LogP contribution in [0.1, 0.15) is 31.3 Å². The van der Waals surface area contributed by atoms with Crippen LogP contribution in [0, 0.1) is 17.2 Å². The van der Waals surface area contributed by atoms with E-state index in [-0.39, 0.29) is 0 Å². The molecule has 3 rings (SSSR count). The van der Waals surface area contributed by atoms with Crippen LogP contribution >= 0.6 is 22.9 Å². The molecule has 154 valence electrons. The van der Waals surface area contributed by atoms with E-state index >= 15 is 0 Å². The Kier molecular flexibility index (Phi) is 7.51. The molecule has 0 saturated carbocycles. The molecule has 0 aliphatic carbocycles. The second-order valence-corrected chi connectivity index (χ2v) is 8.31. The summed E-state index contributed by atoms with van der Waals surface area (Å²) in [5.74, 6) is 1.46. The van der Waals surface area contributed by atoms with E-state index in [1.165, 1.54) is 11.3 Å². The van der Waals surface area contributed by atoms with Gasteiger partial charge in [-0.3, -0.25) is 0 Å². The van der Waals surface area contributed by atoms with Gasteiger partial charge in [0.25, 0.3) is 0 Å². The van der Waals surface area contributed by atoms with E-state index in [0.717, 1.165) is 16.8 Å². The number of thiazole rings is 1. The van der Waals surface area contributed by atoms with Gasteiger partial charge < -0.3 is 9.47 Å². The van der Waals surface area contributed by atoms with E-state index in [4.69, 9.17) is 21.1 Å². The van der Waals surface area contributed by atoms with Crippen molar-refractivity contribution in [3.63, 3.8) is 0 Å². The van der Waals surface area contributed by atoms with Crippen LogP contribution in [0.15, 0.2) is 47.8 Å². The molecule has 0 radical (unpaired) electrons. The maximum atomic E-state index is 9.72. The van der Waals surface area contributed by atoms with E-state index < -0.39 is 0 Å². The van der Waals surface area contributed by atoms with Gasteiger partial charge in [-0.15, -0.1) is 11.3 Å². The summed E-state index contributed by atoms with van der Waals surface area (Å²) in [7, 11) is 0. The predicted molar refractivity (Wildman–Crippen MR) is 124 cm³/mol. The molecule has 0 saturated heterocycles. The first-order valence-corrected chi connectivity index (χ1v) is 11.0. The second kappa shape index (κ2) is 10.3. The Morgan fingerprint density at radius 2 is 2.00 bits per heavy atom. The quantitative estimate of drug-likeness (QED) is 0.356. The molecule has 0 spiro atoms. The van der Waals surface area contributed by atoms with Gasteiger partial charge in [0.1, 0.15) is 11.1 Å². The van der Waals surface area contributed by atoms with Crippen LogP contribution in [0.5, 0.6) is 11.5 Å². The average molecular weight is 439 g/mol. The first-order valence-electron chi connectivity index (χ1n) is 9.74. The van der Waals surface area contributed by atoms with Crippen molar-refractivity contribution in [1.82, 2.24) is 4.98 Å². The molecule has 3 aromatic rings. The molecule has 0 unspecified atom stereocenters. The number of ether oxygens (including phenoxy) is 2. The molecule has 6 heteroatoms. The summed E-state index contributed by atoms with van der Waals surface area (Å²) in [6.45, 7) is 7.08. The topological polar surface area (TPSA) is 55.1 Å². The van der Waals surface area contributed by atoms with Crippen molar-refractivity contribution in [3.05, 3.63) is 63.4 Å². The Morgan fingerprint density at radius 1 is 1.23 bits per heavy atom. The number of nitrogens with zero attached hydrogens (tertiary/aromatic N) is 2. The highest BCUT2D eigenvalue weighted by atomic mass is 35.5. The van der Waals surface area contributed by atoms with Gasteiger partial charge in [-0.05, 0) is 36.6 Å². The van der Waals surface area contributed by atoms with E-state index in [0.29, 0.717) is 46.2 Å². The minimum absolute atomic E-state index is 0.365. The fourth-order valence-electron chi connectivity index (χ4n) is 2.77. The zero-order valence-electron chi connectivity index (χ0n) is 17.2. The van der Waals surface area contributed by atoms with Gasteiger partial charge in [-0.25, -0.2) is 4.98 Å². The fraction of sp³-hybridized carbons (Fsp3) is 0.250. The third kappa shape index (κ3) is 5.41. The van der Waals surface area contributed by atoms with E-state index in [1.54, 1.807) is 12.1 Å². The van der Waals surface area contributed by atoms with Gasteiger partial charge in [0.05, 0.1) is 29.5 Å². The lowest BCUT2D eigenvalue weighted by Gasteiger charge is -2.15. The molecular formula is C24H23ClN2O2S. The van der Waals surface area contributed by atoms with Crippen LogP contribution in [-0.2, 0) is 0 Å². The molecule has 1 aromatic heterocycles. The van der Waals surface area contributed by atoms with Gasteiger partial charge >= 0.3 is 0 Å². The zero-order chi connectivity index (χ0) is 21.5. The lowest BCUT2D eigenvalue weighted by molar-refractivity contribution is 0.248. The van der Waals surface area contributed by atoms with Gasteiger partial charge in [0, 0.05) is 10.9 Å². The number of nitriles is 1. The standard InChI is InChI=1S/C24H23ClN2O2S/c1-4-28-22-12-17(11-20(25)23(22)29-14-16(2)3)10-19(13-26)24-27-21(15-30-24)18-8-6-5-7-9-18/h5-12,15-16H,4,14H2,1-3H3/b19-10-. The monoisotopic (exact) mass is 438 g/mol. The van der Waals surface area contributed by atoms with Gasteiger partial charge in [0.15, 0.2) is 11.5 Å². The normalized spacial score (nSPS) is 11.4. The van der Waals surface area contributed by atoms with Crippen molar-refractivity contribution < 1.29 is 9.47 Å². The SMILES string of the molecule is CCOc1cc(/C=C(/C#N)c2nc(-c3ccccc3)cs2)cc(Cl)c1OCC(C)C. The summed E-state index contributed by atoms with van der Waals surface area (Å²) >= 11 is 7.92. The Balaban J connectivity index is 1.94. The van der Waals surface area contributed by atoms with Crippen LogP contribution in [-0.4, -0.2) is 18.2 Å². The lowest BCUT2D eigenvalue weighted by atomic mass is 10.1. The summed E-state index contributed by atoms with van der Waals surface area (Å²) in [6, 6.07) is 15.8. The highest BCUT2D eigenvalue weighted by Gasteiger charge is 2.14. The zero-order valence-corrected chi connectivity index (χ0v) is 18.8. The molecule has 0 aliphatic heterocycles. The van der Waals surface area contributed by atoms with Crippen LogP contribution in [0.4, 0.5) is 0 Å². The van der Waals surface area contributed by atoms with Crippen LogP contribution in [0.2, 0.25) is 5.02 Å². The molecule has 4 nitrogen and oxygen atoms in total. The third-order valence-electron chi connectivity index (χ3n) is 4.13. The maximum absolute atomic E-state index is 9.72. The predicted octanol–water partition coefficient (Wildman–Crippen LogP) is 6.96. The number of halogens is 1. The Morgan fingerprint density at radius 3 is 2.67 bits per heavy atom. The highest BCUT2D eigenvalue weighted by molar-refractivity contribution is 7.11. The van der Waals surface area contributed by atoms with Crippen LogP contribution in [0.3, 0.4) is 0 Å². The number of allylic oxidation sites excluding steroid dienone is 1. The van der Waals surface area contributed by atoms with E-state index in [2.05, 4.69) is 24.9 Å². The molecule has 0 bridgehead atoms. The first kappa shape index (κ1) is 21.9. The lowest BCUT2D eigenvalue weighted by Crippen LogP contribution is -2.06. The Bertz CT molecular complexity index is 1070. The average Bonchev–Trinajstić information content (AvgIpc) is 3.22. The molecule has 0 amide bonds. The Labute approximate surface area is 186 Å². The number of rotatable bonds is 8. The summed E-state index contributed by atoms with van der Waals surface area (Å²) in [5, 5.41) is 12.8. The molecule has 0 N–H and O–H groups in total. The van der Waals surface area contributed by atoms with Crippen molar-refractivity contribution >= 4 is 34.6 Å². The highest BCUT2D eigenvalue weighted by Crippen LogP contribution is 2.38. The van der Waals surface area contributed by atoms with Gasteiger partial charge in [-0.2, -0.15) is 5.26 Å². The molecule has 0 fully saturated rings. The molecule has 0 aliphatic rings. The number of benzene rings is 2. The summed E-state index contributed by atoms with van der Waals surface area (Å²) in [4.78, 5) is 4.63. The van der Waals surface area contributed by atoms with E-state index in [9.17, 15) is 5.26 Å². The summed E-state index contributed by atoms with van der Waals surface area (Å²) < 4.78 is 11.6. The smallest absolute Gasteiger partial charge is 0.179 e. The van der Waals surface area contributed by atoms with Gasteiger partial charge in [0.2, 0.25) is 0 Å². The van der Waals surface area contributed by atoms with Crippen molar-refractivity contribution in [1.29, 1.82) is 5.26 Å². The van der Waals surface area contributed by atoms with Gasteiger partial charge in [-0.1, -0.05) is 55.8 Å². The third-order valence-corrected chi connectivity index (χ3v) is 5.28. The summed E-state index contributed by atoms with van der Waals surface area (Å²) in [6.07, 6.45) is 1.77. The fourth-order valence-corrected chi connectivity index (χ4v) is 3.84. The summed E-state index contributed by atoms with van der Waals surface area (Å²) in [5.41, 5.74) is 3.10. The largest absolute Gasteiger partial charge is 0.490 e. The van der Waals surface area contributed by atoms with Crippen molar-refractivity contribution in [2.24, 2.45) is 5.92 Å². The molecule has 30 heavy (non-hydrogen) atoms. The van der Waals surface area contributed by atoms with Crippen molar-refractivity contribution in [2.75, 3.05) is 13.2 Å². The Hall–Kier alpha value is -2.81. The number of hydrogen-bond acceptors (Lipinski definition) is 5. The first-order chi connectivity index (χ1) is 14.5. The molecule has 1 heterocycles. The van der Waals surface area contributed by atoms with Crippen LogP contribution < -0.4 is 9.47 Å². The minimum Gasteiger partial charge on any atom is -0.490 e. The second-order valence-electron chi connectivity index (χ2n) is 7.04. The molecular weight excluding hydrogens is 416 g/mol. The van der Waals surface area contributed by atoms with Crippen molar-refractivity contribution in [2.45, 2.75) is 20.8 Å².